The van der Waals surface area contributed by atoms with Gasteiger partial charge in [-0.25, -0.2) is 12.8 Å². The summed E-state index contributed by atoms with van der Waals surface area (Å²) >= 11 is 0. The number of hydrogen-bond donors (Lipinski definition) is 1. The summed E-state index contributed by atoms with van der Waals surface area (Å²) in [5.41, 5.74) is -1.94. The molecule has 0 amide bonds. The first kappa shape index (κ1) is 17.1. The van der Waals surface area contributed by atoms with Crippen molar-refractivity contribution < 1.29 is 30.7 Å². The normalized spacial score (nSPS) is 12.0. The first-order valence-electron chi connectivity index (χ1n) is 6.17. The van der Waals surface area contributed by atoms with E-state index in [1.54, 1.807) is 0 Å². The topological polar surface area (TPSA) is 55.4 Å². The zero-order valence-corrected chi connectivity index (χ0v) is 12.5. The Hall–Kier alpha value is -2.29. The molecule has 0 aliphatic carbocycles. The predicted molar refractivity (Wildman–Crippen MR) is 75.2 cm³/mol. The van der Waals surface area contributed by atoms with Crippen LogP contribution in [0.1, 0.15) is 5.56 Å². The van der Waals surface area contributed by atoms with Crippen LogP contribution in [0.3, 0.4) is 0 Å². The second-order valence-corrected chi connectivity index (χ2v) is 6.16. The molecule has 2 aromatic rings. The molecule has 0 aliphatic rings. The second-order valence-electron chi connectivity index (χ2n) is 4.47. The van der Waals surface area contributed by atoms with Crippen molar-refractivity contribution in [3.63, 3.8) is 0 Å². The molecule has 0 bridgehead atoms. The van der Waals surface area contributed by atoms with Crippen molar-refractivity contribution in [1.82, 2.24) is 0 Å². The number of benzene rings is 2. The fourth-order valence-corrected chi connectivity index (χ4v) is 2.82. The highest BCUT2D eigenvalue weighted by atomic mass is 32.2. The molecular formula is C14H11F4NO3S. The molecule has 9 heteroatoms. The van der Waals surface area contributed by atoms with Crippen molar-refractivity contribution in [3.8, 4) is 5.75 Å². The predicted octanol–water partition coefficient (Wildman–Crippen LogP) is 3.65. The minimum atomic E-state index is -4.92. The average molecular weight is 349 g/mol. The molecule has 0 aliphatic heterocycles. The highest BCUT2D eigenvalue weighted by Gasteiger charge is 2.34. The summed E-state index contributed by atoms with van der Waals surface area (Å²) in [5.74, 6) is -1.06. The van der Waals surface area contributed by atoms with Crippen LogP contribution in [0.4, 0.5) is 23.2 Å². The van der Waals surface area contributed by atoms with Gasteiger partial charge in [-0.05, 0) is 42.5 Å². The van der Waals surface area contributed by atoms with E-state index in [1.165, 1.54) is 31.4 Å². The van der Waals surface area contributed by atoms with Gasteiger partial charge in [0.05, 0.1) is 17.6 Å². The van der Waals surface area contributed by atoms with Crippen LogP contribution in [-0.2, 0) is 16.2 Å². The van der Waals surface area contributed by atoms with Gasteiger partial charge in [0.2, 0.25) is 0 Å². The number of rotatable bonds is 4. The maximum atomic E-state index is 13.2. The van der Waals surface area contributed by atoms with Gasteiger partial charge in [0.1, 0.15) is 11.6 Å². The van der Waals surface area contributed by atoms with Crippen molar-refractivity contribution in [2.45, 2.75) is 11.1 Å². The molecule has 0 atom stereocenters. The van der Waals surface area contributed by atoms with E-state index >= 15 is 0 Å². The second kappa shape index (κ2) is 6.07. The lowest BCUT2D eigenvalue weighted by molar-refractivity contribution is -0.139. The SMILES string of the molecule is COc1ccc(S(=O)(=O)Nc2ccc(F)c(C(F)(F)F)c2)cc1. The third kappa shape index (κ3) is 3.92. The molecule has 0 aromatic heterocycles. The van der Waals surface area contributed by atoms with Crippen molar-refractivity contribution in [3.05, 3.63) is 53.8 Å². The number of halogens is 4. The molecule has 0 saturated carbocycles. The largest absolute Gasteiger partial charge is 0.497 e. The Kier molecular flexibility index (Phi) is 4.51. The van der Waals surface area contributed by atoms with Crippen LogP contribution < -0.4 is 9.46 Å². The Labute approximate surface area is 129 Å². The van der Waals surface area contributed by atoms with Gasteiger partial charge in [-0.15, -0.1) is 0 Å². The van der Waals surface area contributed by atoms with E-state index in [2.05, 4.69) is 0 Å². The number of ether oxygens (including phenoxy) is 1. The zero-order chi connectivity index (χ0) is 17.3. The van der Waals surface area contributed by atoms with Crippen LogP contribution in [0, 0.1) is 5.82 Å². The maximum Gasteiger partial charge on any atom is 0.419 e. The first-order valence-corrected chi connectivity index (χ1v) is 7.65. The van der Waals surface area contributed by atoms with Crippen LogP contribution in [-0.4, -0.2) is 15.5 Å². The van der Waals surface area contributed by atoms with E-state index < -0.39 is 33.3 Å². The summed E-state index contributed by atoms with van der Waals surface area (Å²) in [6.45, 7) is 0. The quantitative estimate of drug-likeness (QED) is 0.857. The molecule has 124 valence electrons. The number of anilines is 1. The summed E-state index contributed by atoms with van der Waals surface area (Å²) in [7, 11) is -2.71. The molecule has 2 aromatic carbocycles. The van der Waals surface area contributed by atoms with E-state index in [0.717, 1.165) is 6.07 Å². The monoisotopic (exact) mass is 349 g/mol. The van der Waals surface area contributed by atoms with Crippen LogP contribution in [0.25, 0.3) is 0 Å². The molecular weight excluding hydrogens is 338 g/mol. The van der Waals surface area contributed by atoms with E-state index in [1.807, 2.05) is 4.72 Å². The number of alkyl halides is 3. The van der Waals surface area contributed by atoms with Crippen molar-refractivity contribution in [2.24, 2.45) is 0 Å². The third-order valence-corrected chi connectivity index (χ3v) is 4.29. The molecule has 0 spiro atoms. The Bertz CT molecular complexity index is 802. The van der Waals surface area contributed by atoms with Crippen LogP contribution in [0.15, 0.2) is 47.4 Å². The molecule has 2 rings (SSSR count). The molecule has 1 N–H and O–H groups in total. The lowest BCUT2D eigenvalue weighted by atomic mass is 10.2. The lowest BCUT2D eigenvalue weighted by Gasteiger charge is -2.12. The van der Waals surface area contributed by atoms with Crippen LogP contribution in [0.2, 0.25) is 0 Å². The number of hydrogen-bond acceptors (Lipinski definition) is 3. The number of sulfonamides is 1. The Morgan fingerprint density at radius 1 is 1.04 bits per heavy atom. The molecule has 4 nitrogen and oxygen atoms in total. The van der Waals surface area contributed by atoms with Gasteiger partial charge in [0, 0.05) is 5.69 Å². The van der Waals surface area contributed by atoms with Gasteiger partial charge in [-0.2, -0.15) is 13.2 Å². The van der Waals surface area contributed by atoms with E-state index in [4.69, 9.17) is 4.74 Å². The van der Waals surface area contributed by atoms with Gasteiger partial charge in [-0.1, -0.05) is 0 Å². The number of nitrogens with one attached hydrogen (secondary N) is 1. The molecule has 0 radical (unpaired) electrons. The molecule has 0 fully saturated rings. The van der Waals surface area contributed by atoms with Crippen LogP contribution in [0.5, 0.6) is 5.75 Å². The van der Waals surface area contributed by atoms with E-state index in [0.29, 0.717) is 17.9 Å². The molecule has 0 unspecified atom stereocenters. The summed E-state index contributed by atoms with van der Waals surface area (Å²) in [6.07, 6.45) is -4.92. The highest BCUT2D eigenvalue weighted by molar-refractivity contribution is 7.92. The Morgan fingerprint density at radius 3 is 2.17 bits per heavy atom. The highest BCUT2D eigenvalue weighted by Crippen LogP contribution is 2.33. The summed E-state index contributed by atoms with van der Waals surface area (Å²) < 4.78 is 82.2. The van der Waals surface area contributed by atoms with Gasteiger partial charge in [-0.3, -0.25) is 4.72 Å². The molecule has 0 heterocycles. The van der Waals surface area contributed by atoms with Crippen molar-refractivity contribution in [1.29, 1.82) is 0 Å². The third-order valence-electron chi connectivity index (χ3n) is 2.89. The molecule has 0 saturated heterocycles. The Morgan fingerprint density at radius 2 is 1.65 bits per heavy atom. The minimum absolute atomic E-state index is 0.170. The van der Waals surface area contributed by atoms with Gasteiger partial charge >= 0.3 is 6.18 Å². The van der Waals surface area contributed by atoms with Crippen LogP contribution >= 0.6 is 0 Å². The standard InChI is InChI=1S/C14H11F4NO3S/c1-22-10-3-5-11(6-4-10)23(20,21)19-9-2-7-13(15)12(8-9)14(16,17)18/h2-8,19H,1H3. The zero-order valence-electron chi connectivity index (χ0n) is 11.7. The average Bonchev–Trinajstić information content (AvgIpc) is 2.48. The van der Waals surface area contributed by atoms with Crippen molar-refractivity contribution in [2.75, 3.05) is 11.8 Å². The minimum Gasteiger partial charge on any atom is -0.497 e. The summed E-state index contributed by atoms with van der Waals surface area (Å²) in [6, 6.07) is 7.10. The maximum absolute atomic E-state index is 13.2. The van der Waals surface area contributed by atoms with Gasteiger partial charge in [0.25, 0.3) is 10.0 Å². The fourth-order valence-electron chi connectivity index (χ4n) is 1.77. The first-order chi connectivity index (χ1) is 10.6. The summed E-state index contributed by atoms with van der Waals surface area (Å²) in [5, 5.41) is 0. The Balaban J connectivity index is 2.33. The lowest BCUT2D eigenvalue weighted by Crippen LogP contribution is -2.14. The van der Waals surface area contributed by atoms with E-state index in [-0.39, 0.29) is 4.90 Å². The van der Waals surface area contributed by atoms with Gasteiger partial charge in [0.15, 0.2) is 0 Å². The summed E-state index contributed by atoms with van der Waals surface area (Å²) in [4.78, 5) is -0.170. The number of methoxy groups -OCH3 is 1. The molecule has 23 heavy (non-hydrogen) atoms. The van der Waals surface area contributed by atoms with Gasteiger partial charge < -0.3 is 4.74 Å². The van der Waals surface area contributed by atoms with E-state index in [9.17, 15) is 26.0 Å². The fraction of sp³-hybridized carbons (Fsp3) is 0.143. The van der Waals surface area contributed by atoms with Crippen molar-refractivity contribution >= 4 is 15.7 Å². The smallest absolute Gasteiger partial charge is 0.419 e.